The van der Waals surface area contributed by atoms with E-state index in [4.69, 9.17) is 4.74 Å². The lowest BCUT2D eigenvalue weighted by Crippen LogP contribution is -2.49. The molecule has 1 aliphatic heterocycles. The molecule has 1 fully saturated rings. The number of ether oxygens (including phenoxy) is 1. The van der Waals surface area contributed by atoms with Crippen LogP contribution in [-0.4, -0.2) is 29.5 Å². The highest BCUT2D eigenvalue weighted by atomic mass is 32.2. The number of rotatable bonds is 3. The molecule has 0 unspecified atom stereocenters. The van der Waals surface area contributed by atoms with Gasteiger partial charge in [-0.1, -0.05) is 0 Å². The Bertz CT molecular complexity index is 130. The summed E-state index contributed by atoms with van der Waals surface area (Å²) in [6.07, 6.45) is 1.09. The first kappa shape index (κ1) is 8.08. The van der Waals surface area contributed by atoms with Gasteiger partial charge in [0.25, 0.3) is 0 Å². The summed E-state index contributed by atoms with van der Waals surface area (Å²) in [5.74, 6) is 1.66. The summed E-state index contributed by atoms with van der Waals surface area (Å²) in [7, 11) is 0. The van der Waals surface area contributed by atoms with Gasteiger partial charge >= 0.3 is 0 Å². The molecule has 0 atom stereocenters. The molecular formula is C7H12O2S. The molecule has 0 aliphatic carbocycles. The molecule has 0 radical (unpaired) electrons. The third-order valence-electron chi connectivity index (χ3n) is 1.38. The highest BCUT2D eigenvalue weighted by Crippen LogP contribution is 2.31. The van der Waals surface area contributed by atoms with Gasteiger partial charge in [-0.3, -0.25) is 0 Å². The van der Waals surface area contributed by atoms with Crippen LogP contribution in [0, 0.1) is 0 Å². The molecule has 10 heavy (non-hydrogen) atoms. The van der Waals surface area contributed by atoms with Gasteiger partial charge < -0.3 is 9.53 Å². The fraction of sp³-hybridized carbons (Fsp3) is 0.857. The van der Waals surface area contributed by atoms with Crippen LogP contribution in [0.1, 0.15) is 13.8 Å². The number of hydrogen-bond donors (Lipinski definition) is 0. The lowest BCUT2D eigenvalue weighted by atomic mass is 10.1. The van der Waals surface area contributed by atoms with E-state index in [1.165, 1.54) is 0 Å². The molecule has 0 aromatic rings. The molecule has 2 nitrogen and oxygen atoms in total. The molecule has 0 saturated carbocycles. The summed E-state index contributed by atoms with van der Waals surface area (Å²) in [6, 6.07) is 0. The van der Waals surface area contributed by atoms with Gasteiger partial charge in [-0.2, -0.15) is 11.8 Å². The smallest absolute Gasteiger partial charge is 0.153 e. The molecule has 3 heteroatoms. The molecule has 1 aliphatic rings. The summed E-state index contributed by atoms with van der Waals surface area (Å²) in [5, 5.41) is 0. The highest BCUT2D eigenvalue weighted by molar-refractivity contribution is 8.01. The highest BCUT2D eigenvalue weighted by Gasteiger charge is 2.39. The van der Waals surface area contributed by atoms with Gasteiger partial charge in [0.15, 0.2) is 6.29 Å². The fourth-order valence-electron chi connectivity index (χ4n) is 0.937. The van der Waals surface area contributed by atoms with Crippen LogP contribution in [0.25, 0.3) is 0 Å². The quantitative estimate of drug-likeness (QED) is 0.578. The Balaban J connectivity index is 2.40. The van der Waals surface area contributed by atoms with E-state index in [-0.39, 0.29) is 6.10 Å². The van der Waals surface area contributed by atoms with E-state index < -0.39 is 5.60 Å². The lowest BCUT2D eigenvalue weighted by Gasteiger charge is -2.37. The lowest BCUT2D eigenvalue weighted by molar-refractivity contribution is -0.131. The van der Waals surface area contributed by atoms with Gasteiger partial charge in [0, 0.05) is 11.5 Å². The second kappa shape index (κ2) is 2.93. The SMILES string of the molecule is CC(C)OC1(C=O)CSC1. The van der Waals surface area contributed by atoms with Crippen molar-refractivity contribution < 1.29 is 9.53 Å². The van der Waals surface area contributed by atoms with Crippen LogP contribution in [0.15, 0.2) is 0 Å². The Morgan fingerprint density at radius 3 is 2.30 bits per heavy atom. The number of thioether (sulfide) groups is 1. The first-order valence-corrected chi connectivity index (χ1v) is 4.56. The molecule has 0 N–H and O–H groups in total. The minimum atomic E-state index is -0.432. The van der Waals surface area contributed by atoms with Gasteiger partial charge in [-0.05, 0) is 13.8 Å². The maximum absolute atomic E-state index is 10.5. The molecule has 58 valence electrons. The van der Waals surface area contributed by atoms with Crippen molar-refractivity contribution >= 4 is 18.0 Å². The molecular weight excluding hydrogens is 148 g/mol. The van der Waals surface area contributed by atoms with E-state index in [1.807, 2.05) is 13.8 Å². The zero-order valence-corrected chi connectivity index (χ0v) is 7.11. The van der Waals surface area contributed by atoms with Crippen molar-refractivity contribution in [3.63, 3.8) is 0 Å². The van der Waals surface area contributed by atoms with Gasteiger partial charge in [0.05, 0.1) is 6.10 Å². The van der Waals surface area contributed by atoms with Crippen LogP contribution < -0.4 is 0 Å². The summed E-state index contributed by atoms with van der Waals surface area (Å²) < 4.78 is 5.43. The Morgan fingerprint density at radius 2 is 2.20 bits per heavy atom. The standard InChI is InChI=1S/C7H12O2S/c1-6(2)9-7(3-8)4-10-5-7/h3,6H,4-5H2,1-2H3. The van der Waals surface area contributed by atoms with Crippen LogP contribution in [0.3, 0.4) is 0 Å². The molecule has 0 bridgehead atoms. The Hall–Kier alpha value is -0.0200. The van der Waals surface area contributed by atoms with Gasteiger partial charge in [-0.15, -0.1) is 0 Å². The summed E-state index contributed by atoms with van der Waals surface area (Å²) in [5.41, 5.74) is -0.432. The molecule has 0 aromatic carbocycles. The van der Waals surface area contributed by atoms with Crippen LogP contribution in [0.2, 0.25) is 0 Å². The van der Waals surface area contributed by atoms with Crippen molar-refractivity contribution in [3.05, 3.63) is 0 Å². The third kappa shape index (κ3) is 1.52. The maximum Gasteiger partial charge on any atom is 0.153 e. The number of aldehydes is 1. The zero-order valence-electron chi connectivity index (χ0n) is 6.29. The van der Waals surface area contributed by atoms with E-state index in [1.54, 1.807) is 11.8 Å². The predicted molar refractivity (Wildman–Crippen MR) is 42.3 cm³/mol. The molecule has 1 rings (SSSR count). The van der Waals surface area contributed by atoms with Crippen LogP contribution in [0.4, 0.5) is 0 Å². The Labute approximate surface area is 65.3 Å². The largest absolute Gasteiger partial charge is 0.363 e. The van der Waals surface area contributed by atoms with Gasteiger partial charge in [0.1, 0.15) is 5.60 Å². The third-order valence-corrected chi connectivity index (χ3v) is 2.76. The first-order chi connectivity index (χ1) is 4.68. The fourth-order valence-corrected chi connectivity index (χ4v) is 1.82. The molecule has 0 aromatic heterocycles. The average Bonchev–Trinajstić information content (AvgIpc) is 1.78. The van der Waals surface area contributed by atoms with Crippen molar-refractivity contribution in [2.45, 2.75) is 25.6 Å². The Kier molecular flexibility index (Phi) is 2.36. The van der Waals surface area contributed by atoms with Crippen molar-refractivity contribution in [1.29, 1.82) is 0 Å². The second-order valence-electron chi connectivity index (χ2n) is 2.84. The second-order valence-corrected chi connectivity index (χ2v) is 3.83. The summed E-state index contributed by atoms with van der Waals surface area (Å²) in [6.45, 7) is 3.91. The van der Waals surface area contributed by atoms with Crippen LogP contribution in [-0.2, 0) is 9.53 Å². The van der Waals surface area contributed by atoms with Gasteiger partial charge in [0.2, 0.25) is 0 Å². The van der Waals surface area contributed by atoms with E-state index in [0.717, 1.165) is 17.8 Å². The topological polar surface area (TPSA) is 26.3 Å². The predicted octanol–water partition coefficient (Wildman–Crippen LogP) is 1.10. The molecule has 1 saturated heterocycles. The van der Waals surface area contributed by atoms with E-state index in [2.05, 4.69) is 0 Å². The van der Waals surface area contributed by atoms with Crippen LogP contribution in [0.5, 0.6) is 0 Å². The molecule has 1 heterocycles. The first-order valence-electron chi connectivity index (χ1n) is 3.40. The van der Waals surface area contributed by atoms with Crippen molar-refractivity contribution in [3.8, 4) is 0 Å². The van der Waals surface area contributed by atoms with E-state index in [0.29, 0.717) is 0 Å². The summed E-state index contributed by atoms with van der Waals surface area (Å²) in [4.78, 5) is 10.5. The molecule has 0 amide bonds. The summed E-state index contributed by atoms with van der Waals surface area (Å²) >= 11 is 1.75. The number of carbonyl (C=O) groups excluding carboxylic acids is 1. The monoisotopic (exact) mass is 160 g/mol. The zero-order chi connectivity index (χ0) is 7.61. The van der Waals surface area contributed by atoms with E-state index in [9.17, 15) is 4.79 Å². The van der Waals surface area contributed by atoms with Crippen molar-refractivity contribution in [2.75, 3.05) is 11.5 Å². The van der Waals surface area contributed by atoms with Crippen LogP contribution >= 0.6 is 11.8 Å². The van der Waals surface area contributed by atoms with E-state index >= 15 is 0 Å². The maximum atomic E-state index is 10.5. The minimum Gasteiger partial charge on any atom is -0.363 e. The average molecular weight is 160 g/mol. The number of hydrogen-bond acceptors (Lipinski definition) is 3. The van der Waals surface area contributed by atoms with Gasteiger partial charge in [-0.25, -0.2) is 0 Å². The van der Waals surface area contributed by atoms with Crippen molar-refractivity contribution in [1.82, 2.24) is 0 Å². The van der Waals surface area contributed by atoms with Crippen molar-refractivity contribution in [2.24, 2.45) is 0 Å². The Morgan fingerprint density at radius 1 is 1.60 bits per heavy atom. The molecule has 0 spiro atoms. The number of carbonyl (C=O) groups is 1. The minimum absolute atomic E-state index is 0.158. The normalized spacial score (nSPS) is 22.3.